The number of aromatic nitrogens is 2. The van der Waals surface area contributed by atoms with E-state index < -0.39 is 53.6 Å². The van der Waals surface area contributed by atoms with Crippen LogP contribution >= 0.6 is 11.3 Å². The Morgan fingerprint density at radius 3 is 2.29 bits per heavy atom. The molecule has 3 atom stereocenters. The first kappa shape index (κ1) is 42.5. The molecule has 4 N–H and O–H groups in total. The van der Waals surface area contributed by atoms with Crippen molar-refractivity contribution in [2.75, 3.05) is 51.7 Å². The van der Waals surface area contributed by atoms with E-state index in [1.54, 1.807) is 40.7 Å². The molecule has 59 heavy (non-hydrogen) atoms. The molecule has 2 aromatic heterocycles. The zero-order chi connectivity index (χ0) is 42.4. The Bertz CT molecular complexity index is 2220. The normalized spacial score (nSPS) is 20.8. The summed E-state index contributed by atoms with van der Waals surface area (Å²) in [5.74, 6) is -2.97. The number of carbonyl (C=O) groups is 7. The molecular weight excluding hydrogens is 775 g/mol. The van der Waals surface area contributed by atoms with Crippen LogP contribution in [0.4, 0.5) is 5.69 Å². The van der Waals surface area contributed by atoms with Gasteiger partial charge in [0.2, 0.25) is 29.5 Å². The van der Waals surface area contributed by atoms with Gasteiger partial charge in [0.15, 0.2) is 0 Å². The quantitative estimate of drug-likeness (QED) is 0.228. The molecule has 2 aliphatic rings. The third-order valence-electron chi connectivity index (χ3n) is 10.5. The predicted molar refractivity (Wildman–Crippen MR) is 223 cm³/mol. The zero-order valence-corrected chi connectivity index (χ0v) is 34.8. The highest BCUT2D eigenvalue weighted by atomic mass is 32.1. The van der Waals surface area contributed by atoms with Crippen molar-refractivity contribution in [2.24, 2.45) is 5.92 Å². The van der Waals surface area contributed by atoms with Crippen molar-refractivity contribution in [1.82, 2.24) is 40.6 Å². The highest BCUT2D eigenvalue weighted by Gasteiger charge is 2.31. The molecular formula is C42H51N9O7S. The van der Waals surface area contributed by atoms with Gasteiger partial charge < -0.3 is 40.5 Å². The first-order valence-corrected chi connectivity index (χ1v) is 20.7. The van der Waals surface area contributed by atoms with Crippen LogP contribution in [0.3, 0.4) is 0 Å². The van der Waals surface area contributed by atoms with E-state index >= 15 is 0 Å². The highest BCUT2D eigenvalue weighted by molar-refractivity contribution is 7.09. The number of H-pyrrole nitrogens is 1. The van der Waals surface area contributed by atoms with Crippen LogP contribution in [0.25, 0.3) is 10.9 Å². The van der Waals surface area contributed by atoms with Gasteiger partial charge in [0, 0.05) is 80.3 Å². The molecule has 17 heteroatoms. The van der Waals surface area contributed by atoms with Crippen LogP contribution in [0.2, 0.25) is 0 Å². The number of nitrogens with zero attached hydrogens (tertiary/aromatic N) is 5. The maximum atomic E-state index is 14.0. The lowest BCUT2D eigenvalue weighted by molar-refractivity contribution is -0.138. The van der Waals surface area contributed by atoms with Gasteiger partial charge in [-0.05, 0) is 61.6 Å². The van der Waals surface area contributed by atoms with Crippen LogP contribution < -0.4 is 20.9 Å². The molecule has 0 aliphatic carbocycles. The number of carbonyl (C=O) groups excluding carboxylic acids is 7. The Kier molecular flexibility index (Phi) is 13.4. The Labute approximate surface area is 346 Å². The van der Waals surface area contributed by atoms with E-state index in [1.807, 2.05) is 38.1 Å². The predicted octanol–water partition coefficient (Wildman–Crippen LogP) is 2.87. The van der Waals surface area contributed by atoms with Crippen molar-refractivity contribution in [3.8, 4) is 0 Å². The van der Waals surface area contributed by atoms with Gasteiger partial charge in [-0.2, -0.15) is 0 Å². The third kappa shape index (κ3) is 10.3. The van der Waals surface area contributed by atoms with Crippen LogP contribution in [0.1, 0.15) is 77.5 Å². The van der Waals surface area contributed by atoms with Crippen molar-refractivity contribution < 1.29 is 33.6 Å². The average Bonchev–Trinajstić information content (AvgIpc) is 3.98. The van der Waals surface area contributed by atoms with E-state index in [-0.39, 0.29) is 50.1 Å². The third-order valence-corrected chi connectivity index (χ3v) is 11.5. The molecule has 0 spiro atoms. The van der Waals surface area contributed by atoms with Gasteiger partial charge >= 0.3 is 0 Å². The maximum Gasteiger partial charge on any atom is 0.271 e. The highest BCUT2D eigenvalue weighted by Crippen LogP contribution is 2.26. The smallest absolute Gasteiger partial charge is 0.271 e. The molecule has 2 bridgehead atoms. The minimum absolute atomic E-state index is 0.0170. The Morgan fingerprint density at radius 2 is 1.58 bits per heavy atom. The summed E-state index contributed by atoms with van der Waals surface area (Å²) in [6.45, 7) is 5.38. The lowest BCUT2D eigenvalue weighted by Crippen LogP contribution is -2.53. The largest absolute Gasteiger partial charge is 0.361 e. The van der Waals surface area contributed by atoms with Crippen LogP contribution in [-0.4, -0.2) is 125 Å². The monoisotopic (exact) mass is 825 g/mol. The molecule has 312 valence electrons. The Morgan fingerprint density at radius 1 is 0.847 bits per heavy atom. The summed E-state index contributed by atoms with van der Waals surface area (Å²) in [7, 11) is 2.99. The molecule has 1 fully saturated rings. The zero-order valence-electron chi connectivity index (χ0n) is 33.9. The second kappa shape index (κ2) is 18.7. The van der Waals surface area contributed by atoms with Gasteiger partial charge in [0.1, 0.15) is 22.8 Å². The van der Waals surface area contributed by atoms with Gasteiger partial charge in [-0.3, -0.25) is 33.6 Å². The lowest BCUT2D eigenvalue weighted by atomic mass is 10.0. The fourth-order valence-corrected chi connectivity index (χ4v) is 8.23. The Balaban J connectivity index is 1.29. The van der Waals surface area contributed by atoms with E-state index in [4.69, 9.17) is 0 Å². The number of nitrogens with one attached hydrogen (secondary N) is 4. The fraction of sp³-hybridized carbons (Fsp3) is 0.429. The number of amides is 7. The summed E-state index contributed by atoms with van der Waals surface area (Å²) in [6.07, 6.45) is 3.60. The van der Waals surface area contributed by atoms with E-state index in [9.17, 15) is 33.6 Å². The van der Waals surface area contributed by atoms with Gasteiger partial charge in [0.25, 0.3) is 11.8 Å². The number of rotatable bonds is 6. The summed E-state index contributed by atoms with van der Waals surface area (Å²) in [6, 6.07) is 11.5. The van der Waals surface area contributed by atoms with E-state index in [2.05, 4.69) is 25.9 Å². The molecule has 2 aliphatic heterocycles. The van der Waals surface area contributed by atoms with Crippen LogP contribution in [0.15, 0.2) is 60.1 Å². The first-order chi connectivity index (χ1) is 28.2. The topological polar surface area (TPSA) is 197 Å². The van der Waals surface area contributed by atoms with Crippen molar-refractivity contribution in [3.05, 3.63) is 81.9 Å². The standard InChI is InChI=1S/C42H51N9O7S/c1-25(2)19-32-39-47-34(24-59-39)38(55)46-33(20-28-21-43-31-10-7-6-9-30(28)31)42(58)49(5)22-35(52)44-26(3)40(56)48(4)17-18-50(23-36(53)45-32)41(57)27-12-14-29(15-13-27)51-16-8-11-37(51)54/h6-7,9-10,12-15,21,24-26,32-33,43H,8,11,16-20,22-23H2,1-5H3,(H,44,52)(H,45,53)(H,46,55)/t26-,32-,33+/m0/s1. The minimum Gasteiger partial charge on any atom is -0.361 e. The molecule has 4 aromatic rings. The molecule has 2 aromatic carbocycles. The molecule has 7 amide bonds. The summed E-state index contributed by atoms with van der Waals surface area (Å²) < 4.78 is 0. The maximum absolute atomic E-state index is 14.0. The second-order valence-corrected chi connectivity index (χ2v) is 16.5. The van der Waals surface area contributed by atoms with Gasteiger partial charge in [-0.25, -0.2) is 4.98 Å². The fourth-order valence-electron chi connectivity index (χ4n) is 7.37. The number of hydrogen-bond acceptors (Lipinski definition) is 9. The van der Waals surface area contributed by atoms with Gasteiger partial charge in [0.05, 0.1) is 19.1 Å². The summed E-state index contributed by atoms with van der Waals surface area (Å²) in [4.78, 5) is 108. The summed E-state index contributed by atoms with van der Waals surface area (Å²) >= 11 is 1.19. The Hall–Kier alpha value is -6.10. The van der Waals surface area contributed by atoms with Crippen LogP contribution in [-0.2, 0) is 30.4 Å². The SMILES string of the molecule is CC(C)C[C@@H]1NC(=O)CN(C(=O)c2ccc(N3CCCC3=O)cc2)CCN(C)C(=O)[C@H](C)NC(=O)CN(C)C(=O)[C@@H](Cc2c[nH]c3ccccc23)NC(=O)c2csc1n2. The van der Waals surface area contributed by atoms with E-state index in [0.717, 1.165) is 22.9 Å². The molecule has 6 rings (SSSR count). The van der Waals surface area contributed by atoms with Gasteiger partial charge in [-0.15, -0.1) is 11.3 Å². The van der Waals surface area contributed by atoms with E-state index in [0.29, 0.717) is 35.6 Å². The molecule has 0 saturated carbocycles. The molecule has 0 radical (unpaired) electrons. The van der Waals surface area contributed by atoms with Crippen LogP contribution in [0.5, 0.6) is 0 Å². The first-order valence-electron chi connectivity index (χ1n) is 19.8. The minimum atomic E-state index is -1.09. The van der Waals surface area contributed by atoms with Crippen molar-refractivity contribution >= 4 is 69.3 Å². The average molecular weight is 826 g/mol. The number of thiazole rings is 1. The summed E-state index contributed by atoms with van der Waals surface area (Å²) in [5.41, 5.74) is 2.68. The van der Waals surface area contributed by atoms with E-state index in [1.165, 1.54) is 47.1 Å². The lowest BCUT2D eigenvalue weighted by Gasteiger charge is -2.28. The van der Waals surface area contributed by atoms with Crippen LogP contribution in [0, 0.1) is 5.92 Å². The molecule has 16 nitrogen and oxygen atoms in total. The number of para-hydroxylation sites is 1. The van der Waals surface area contributed by atoms with Crippen molar-refractivity contribution in [1.29, 1.82) is 0 Å². The number of hydrogen-bond donors (Lipinski definition) is 4. The van der Waals surface area contributed by atoms with Crippen molar-refractivity contribution in [2.45, 2.75) is 64.6 Å². The molecule has 0 unspecified atom stereocenters. The number of aromatic amines is 1. The number of benzene rings is 2. The van der Waals surface area contributed by atoms with Crippen molar-refractivity contribution in [3.63, 3.8) is 0 Å². The number of fused-ring (bicyclic) bond motifs is 3. The van der Waals surface area contributed by atoms with Gasteiger partial charge in [-0.1, -0.05) is 32.0 Å². The summed E-state index contributed by atoms with van der Waals surface area (Å²) in [5, 5.41) is 11.4. The number of likely N-dealkylation sites (N-methyl/N-ethyl adjacent to an activating group) is 2. The number of anilines is 1. The second-order valence-electron chi connectivity index (χ2n) is 15.6. The molecule has 1 saturated heterocycles. The molecule has 4 heterocycles.